The van der Waals surface area contributed by atoms with E-state index in [0.29, 0.717) is 33.0 Å². The molecule has 136 valence electrons. The van der Waals surface area contributed by atoms with Crippen molar-refractivity contribution in [1.82, 2.24) is 10.2 Å². The highest BCUT2D eigenvalue weighted by Gasteiger charge is 2.43. The molecule has 2 aromatic carbocycles. The second-order valence-corrected chi connectivity index (χ2v) is 7.45. The Morgan fingerprint density at radius 3 is 1.81 bits per heavy atom. The molecule has 7 heteroatoms. The summed E-state index contributed by atoms with van der Waals surface area (Å²) in [5.41, 5.74) is 5.51. The van der Waals surface area contributed by atoms with Crippen molar-refractivity contribution >= 4 is 34.4 Å². The highest BCUT2D eigenvalue weighted by Crippen LogP contribution is 2.37. The first-order valence-electron chi connectivity index (χ1n) is 9.15. The summed E-state index contributed by atoms with van der Waals surface area (Å²) in [5, 5.41) is 3.10. The predicted octanol–water partition coefficient (Wildman–Crippen LogP) is 0.872. The number of nitrogens with zero attached hydrogens (tertiary/aromatic N) is 1. The summed E-state index contributed by atoms with van der Waals surface area (Å²) in [7, 11) is 0. The molecule has 0 radical (unpaired) electrons. The molecule has 0 bridgehead atoms. The van der Waals surface area contributed by atoms with E-state index in [-0.39, 0.29) is 23.9 Å². The molecule has 0 saturated heterocycles. The molecule has 7 nitrogen and oxygen atoms in total. The number of carbonyl (C=O) groups excluding carboxylic acids is 4. The smallest absolute Gasteiger partial charge is 0.261 e. The van der Waals surface area contributed by atoms with Gasteiger partial charge < -0.3 is 5.73 Å². The lowest BCUT2D eigenvalue weighted by Gasteiger charge is -2.37. The number of carbonyl (C=O) groups is 4. The Kier molecular flexibility index (Phi) is 3.27. The largest absolute Gasteiger partial charge is 0.353 e. The Hall–Kier alpha value is -3.06. The van der Waals surface area contributed by atoms with E-state index in [1.807, 2.05) is 0 Å². The lowest BCUT2D eigenvalue weighted by molar-refractivity contribution is -0.434. The summed E-state index contributed by atoms with van der Waals surface area (Å²) in [6.07, 6.45) is 3.65. The molecule has 3 aliphatic rings. The maximum atomic E-state index is 13.2. The molecule has 27 heavy (non-hydrogen) atoms. The fourth-order valence-electron chi connectivity index (χ4n) is 4.65. The molecule has 0 spiro atoms. The van der Waals surface area contributed by atoms with Crippen LogP contribution in [0.3, 0.4) is 0 Å². The van der Waals surface area contributed by atoms with Crippen molar-refractivity contribution in [2.24, 2.45) is 0 Å². The first-order chi connectivity index (χ1) is 13.0. The van der Waals surface area contributed by atoms with E-state index >= 15 is 0 Å². The highest BCUT2D eigenvalue weighted by atomic mass is 16.2. The van der Waals surface area contributed by atoms with Gasteiger partial charge >= 0.3 is 0 Å². The number of amides is 4. The van der Waals surface area contributed by atoms with Crippen molar-refractivity contribution in [2.45, 2.75) is 37.8 Å². The van der Waals surface area contributed by atoms with E-state index in [4.69, 9.17) is 0 Å². The number of imide groups is 2. The molecule has 0 aromatic heterocycles. The number of quaternary nitrogens is 1. The average Bonchev–Trinajstić information content (AvgIpc) is 2.66. The lowest BCUT2D eigenvalue weighted by Crippen LogP contribution is -2.71. The molecule has 2 unspecified atom stereocenters. The van der Waals surface area contributed by atoms with Gasteiger partial charge in [0.25, 0.3) is 23.6 Å². The van der Waals surface area contributed by atoms with Crippen LogP contribution in [0.5, 0.6) is 0 Å². The molecule has 5 rings (SSSR count). The normalized spacial score (nSPS) is 24.4. The van der Waals surface area contributed by atoms with Gasteiger partial charge in [0.2, 0.25) is 0 Å². The Labute approximate surface area is 154 Å². The number of benzene rings is 2. The van der Waals surface area contributed by atoms with Gasteiger partial charge in [-0.2, -0.15) is 0 Å². The highest BCUT2D eigenvalue weighted by molar-refractivity contribution is 6.33. The van der Waals surface area contributed by atoms with E-state index < -0.39 is 11.8 Å². The maximum Gasteiger partial charge on any atom is 0.261 e. The predicted molar refractivity (Wildman–Crippen MR) is 95.2 cm³/mol. The molecule has 2 heterocycles. The Balaban J connectivity index is 1.76. The lowest BCUT2D eigenvalue weighted by atomic mass is 9.84. The van der Waals surface area contributed by atoms with Gasteiger partial charge in [-0.1, -0.05) is 6.42 Å². The first-order valence-corrected chi connectivity index (χ1v) is 9.15. The fourth-order valence-corrected chi connectivity index (χ4v) is 4.65. The zero-order valence-electron chi connectivity index (χ0n) is 14.6. The van der Waals surface area contributed by atoms with Crippen LogP contribution in [0.15, 0.2) is 24.3 Å². The summed E-state index contributed by atoms with van der Waals surface area (Å²) in [4.78, 5) is 52.2. The Morgan fingerprint density at radius 2 is 1.26 bits per heavy atom. The fraction of sp³-hybridized carbons (Fsp3) is 0.300. The molecule has 2 atom stereocenters. The first kappa shape index (κ1) is 16.1. The van der Waals surface area contributed by atoms with Crippen molar-refractivity contribution in [2.75, 3.05) is 0 Å². The average molecular weight is 364 g/mol. The van der Waals surface area contributed by atoms with Gasteiger partial charge in [0.15, 0.2) is 0 Å². The van der Waals surface area contributed by atoms with Crippen molar-refractivity contribution in [3.05, 3.63) is 46.5 Å². The van der Waals surface area contributed by atoms with E-state index in [0.717, 1.165) is 25.7 Å². The number of hydrogen-bond donors (Lipinski definition) is 2. The Bertz CT molecular complexity index is 1010. The maximum absolute atomic E-state index is 13.2. The van der Waals surface area contributed by atoms with Gasteiger partial charge in [-0.25, -0.2) is 0 Å². The second-order valence-electron chi connectivity index (χ2n) is 7.45. The molecule has 4 N–H and O–H groups in total. The van der Waals surface area contributed by atoms with Crippen LogP contribution < -0.4 is 11.1 Å². The molecular weight excluding hydrogens is 346 g/mol. The third-order valence-electron chi connectivity index (χ3n) is 5.98. The second kappa shape index (κ2) is 5.47. The van der Waals surface area contributed by atoms with Crippen LogP contribution in [0.25, 0.3) is 10.8 Å². The molecule has 1 fully saturated rings. The van der Waals surface area contributed by atoms with E-state index in [9.17, 15) is 19.2 Å². The van der Waals surface area contributed by atoms with Gasteiger partial charge in [-0.05, 0) is 37.1 Å². The zero-order valence-corrected chi connectivity index (χ0v) is 14.6. The number of hydrogen-bond acceptors (Lipinski definition) is 4. The van der Waals surface area contributed by atoms with Crippen LogP contribution in [0.2, 0.25) is 0 Å². The van der Waals surface area contributed by atoms with Gasteiger partial charge in [0.1, 0.15) is 6.04 Å². The van der Waals surface area contributed by atoms with Gasteiger partial charge in [-0.15, -0.1) is 0 Å². The number of rotatable bonds is 1. The van der Waals surface area contributed by atoms with Crippen molar-refractivity contribution in [3.63, 3.8) is 0 Å². The van der Waals surface area contributed by atoms with Crippen LogP contribution in [0.4, 0.5) is 0 Å². The molecule has 4 amide bonds. The third-order valence-corrected chi connectivity index (χ3v) is 5.98. The number of nitrogens with one attached hydrogen (secondary N) is 1. The van der Waals surface area contributed by atoms with Gasteiger partial charge in [-0.3, -0.25) is 29.4 Å². The van der Waals surface area contributed by atoms with Crippen LogP contribution in [0, 0.1) is 0 Å². The van der Waals surface area contributed by atoms with Crippen molar-refractivity contribution in [1.29, 1.82) is 0 Å². The van der Waals surface area contributed by atoms with Crippen molar-refractivity contribution in [3.8, 4) is 0 Å². The minimum Gasteiger partial charge on any atom is -0.353 e. The summed E-state index contributed by atoms with van der Waals surface area (Å²) in [5.74, 6) is -1.75. The summed E-state index contributed by atoms with van der Waals surface area (Å²) < 4.78 is 0. The molecule has 1 aliphatic carbocycles. The van der Waals surface area contributed by atoms with E-state index in [1.54, 1.807) is 24.3 Å². The van der Waals surface area contributed by atoms with Gasteiger partial charge in [0, 0.05) is 39.4 Å². The molecular formula is C20H18N3O4+. The van der Waals surface area contributed by atoms with Crippen LogP contribution in [-0.4, -0.2) is 40.6 Å². The molecule has 2 aliphatic heterocycles. The monoisotopic (exact) mass is 364 g/mol. The van der Waals surface area contributed by atoms with Crippen LogP contribution in [0.1, 0.15) is 67.1 Å². The molecule has 1 saturated carbocycles. The minimum atomic E-state index is -0.511. The summed E-state index contributed by atoms with van der Waals surface area (Å²) >= 11 is 0. The van der Waals surface area contributed by atoms with E-state index in [2.05, 4.69) is 11.1 Å². The zero-order chi connectivity index (χ0) is 18.9. The van der Waals surface area contributed by atoms with Crippen LogP contribution >= 0.6 is 0 Å². The topological polar surface area (TPSA) is 111 Å². The van der Waals surface area contributed by atoms with Gasteiger partial charge in [0.05, 0.1) is 6.04 Å². The molecule has 2 aromatic rings. The summed E-state index contributed by atoms with van der Waals surface area (Å²) in [6.45, 7) is 0. The SMILES string of the molecule is [NH3+]C1CCCCC1N1C(=O)c2ccc3c4c(ccc(c24)C1=O)C(=O)NC3=O. The third kappa shape index (κ3) is 2.06. The Morgan fingerprint density at radius 1 is 0.778 bits per heavy atom. The minimum absolute atomic E-state index is 0.00785. The quantitative estimate of drug-likeness (QED) is 0.732. The standard InChI is InChI=1S/C20H17N3O4/c21-13-3-1-2-4-14(13)23-19(26)11-7-5-9-15-10(18(25)22-17(9)24)6-8-12(16(11)15)20(23)27/h5-8,13-14H,1-4,21H2,(H,22,24,25)/p+1. The van der Waals surface area contributed by atoms with E-state index in [1.165, 1.54) is 4.90 Å². The van der Waals surface area contributed by atoms with Crippen molar-refractivity contribution < 1.29 is 24.9 Å². The summed E-state index contributed by atoms with van der Waals surface area (Å²) in [6, 6.07) is 6.07. The van der Waals surface area contributed by atoms with Crippen LogP contribution in [-0.2, 0) is 0 Å².